The van der Waals surface area contributed by atoms with Gasteiger partial charge in [0.1, 0.15) is 0 Å². The van der Waals surface area contributed by atoms with Gasteiger partial charge in [-0.15, -0.1) is 0 Å². The van der Waals surface area contributed by atoms with Crippen molar-refractivity contribution in [3.8, 4) is 0 Å². The van der Waals surface area contributed by atoms with E-state index in [1.54, 1.807) is 0 Å². The fourth-order valence-corrected chi connectivity index (χ4v) is 2.27. The molecule has 0 atom stereocenters. The zero-order valence-corrected chi connectivity index (χ0v) is 10.4. The van der Waals surface area contributed by atoms with Gasteiger partial charge in [0, 0.05) is 6.54 Å². The van der Waals surface area contributed by atoms with Crippen LogP contribution in [0.25, 0.3) is 0 Å². The topological polar surface area (TPSA) is 15.3 Å². The van der Waals surface area contributed by atoms with Gasteiger partial charge in [-0.05, 0) is 58.3 Å². The van der Waals surface area contributed by atoms with Gasteiger partial charge in [0.15, 0.2) is 0 Å². The minimum atomic E-state index is 0.949. The Labute approximate surface area is 94.7 Å². The molecule has 0 spiro atoms. The Morgan fingerprint density at radius 3 is 2.60 bits per heavy atom. The maximum atomic E-state index is 3.99. The fraction of sp³-hybridized carbons (Fsp3) is 0.846. The highest BCUT2D eigenvalue weighted by Crippen LogP contribution is 2.16. The van der Waals surface area contributed by atoms with Crippen molar-refractivity contribution < 1.29 is 0 Å². The molecule has 2 nitrogen and oxygen atoms in total. The second kappa shape index (κ2) is 7.02. The van der Waals surface area contributed by atoms with Crippen molar-refractivity contribution in [2.75, 3.05) is 32.7 Å². The average Bonchev–Trinajstić information content (AvgIpc) is 2.25. The summed E-state index contributed by atoms with van der Waals surface area (Å²) in [6, 6.07) is 0. The molecule has 1 rings (SSSR count). The first-order chi connectivity index (χ1) is 7.22. The zero-order valence-electron chi connectivity index (χ0n) is 10.4. The van der Waals surface area contributed by atoms with Crippen molar-refractivity contribution >= 4 is 0 Å². The number of likely N-dealkylation sites (N-methyl/N-ethyl adjacent to an activating group) is 1. The van der Waals surface area contributed by atoms with Gasteiger partial charge in [-0.3, -0.25) is 4.90 Å². The lowest BCUT2D eigenvalue weighted by Gasteiger charge is -2.26. The molecule has 0 unspecified atom stereocenters. The highest BCUT2D eigenvalue weighted by atomic mass is 15.1. The van der Waals surface area contributed by atoms with Gasteiger partial charge in [-0.1, -0.05) is 19.1 Å². The smallest absolute Gasteiger partial charge is 0.0187 e. The molecule has 0 aromatic rings. The Kier molecular flexibility index (Phi) is 5.96. The van der Waals surface area contributed by atoms with Gasteiger partial charge < -0.3 is 5.32 Å². The van der Waals surface area contributed by atoms with Crippen LogP contribution in [0.3, 0.4) is 0 Å². The molecule has 1 heterocycles. The van der Waals surface area contributed by atoms with Crippen LogP contribution in [0.15, 0.2) is 12.2 Å². The molecule has 1 aliphatic rings. The summed E-state index contributed by atoms with van der Waals surface area (Å²) in [7, 11) is 0. The summed E-state index contributed by atoms with van der Waals surface area (Å²) in [5.74, 6) is 0.949. The summed E-state index contributed by atoms with van der Waals surface area (Å²) in [5.41, 5.74) is 1.28. The van der Waals surface area contributed by atoms with E-state index < -0.39 is 0 Å². The van der Waals surface area contributed by atoms with Crippen LogP contribution in [0.5, 0.6) is 0 Å². The van der Waals surface area contributed by atoms with Gasteiger partial charge in [0.25, 0.3) is 0 Å². The lowest BCUT2D eigenvalue weighted by molar-refractivity contribution is 0.258. The first kappa shape index (κ1) is 12.7. The molecule has 0 aromatic heterocycles. The molecule has 0 amide bonds. The maximum absolute atomic E-state index is 3.99. The number of rotatable bonds is 6. The van der Waals surface area contributed by atoms with Crippen molar-refractivity contribution in [1.29, 1.82) is 0 Å². The van der Waals surface area contributed by atoms with Crippen LogP contribution in [0.2, 0.25) is 0 Å². The van der Waals surface area contributed by atoms with E-state index in [0.717, 1.165) is 19.0 Å². The quantitative estimate of drug-likeness (QED) is 0.677. The summed E-state index contributed by atoms with van der Waals surface area (Å²) in [4.78, 5) is 2.50. The maximum Gasteiger partial charge on any atom is 0.0187 e. The average molecular weight is 210 g/mol. The van der Waals surface area contributed by atoms with E-state index in [2.05, 4.69) is 30.6 Å². The van der Waals surface area contributed by atoms with Gasteiger partial charge >= 0.3 is 0 Å². The number of nitrogens with one attached hydrogen (secondary N) is 1. The Bertz CT molecular complexity index is 183. The van der Waals surface area contributed by atoms with E-state index in [-0.39, 0.29) is 0 Å². The number of hydrogen-bond acceptors (Lipinski definition) is 2. The van der Waals surface area contributed by atoms with Gasteiger partial charge in [-0.2, -0.15) is 0 Å². The van der Waals surface area contributed by atoms with Crippen LogP contribution in [-0.2, 0) is 0 Å². The van der Waals surface area contributed by atoms with Crippen LogP contribution in [0.4, 0.5) is 0 Å². The molecule has 2 heteroatoms. The summed E-state index contributed by atoms with van der Waals surface area (Å²) in [5, 5.41) is 3.42. The lowest BCUT2D eigenvalue weighted by Crippen LogP contribution is -2.32. The number of piperidine rings is 1. The van der Waals surface area contributed by atoms with E-state index >= 15 is 0 Å². The molecule has 1 aliphatic heterocycles. The highest BCUT2D eigenvalue weighted by Gasteiger charge is 2.13. The molecule has 1 fully saturated rings. The lowest BCUT2D eigenvalue weighted by atomic mass is 9.94. The minimum Gasteiger partial charge on any atom is -0.317 e. The Morgan fingerprint density at radius 2 is 2.07 bits per heavy atom. The molecule has 0 bridgehead atoms. The second-order valence-corrected chi connectivity index (χ2v) is 4.81. The molecule has 0 aliphatic carbocycles. The molecule has 0 saturated carbocycles. The third-order valence-electron chi connectivity index (χ3n) is 3.25. The molecule has 88 valence electrons. The molecule has 0 aromatic carbocycles. The molecular formula is C13H26N2. The van der Waals surface area contributed by atoms with Gasteiger partial charge in [0.2, 0.25) is 0 Å². The predicted molar refractivity (Wildman–Crippen MR) is 67.1 cm³/mol. The number of hydrogen-bond donors (Lipinski definition) is 1. The van der Waals surface area contributed by atoms with Gasteiger partial charge in [-0.25, -0.2) is 0 Å². The molecule has 0 radical (unpaired) electrons. The van der Waals surface area contributed by atoms with Crippen LogP contribution in [0.1, 0.15) is 33.1 Å². The Morgan fingerprint density at radius 1 is 1.40 bits per heavy atom. The van der Waals surface area contributed by atoms with Crippen LogP contribution < -0.4 is 5.32 Å². The van der Waals surface area contributed by atoms with E-state index in [1.807, 2.05) is 0 Å². The SMILES string of the molecule is C=C(C)CN(CC)CCC1CCNCC1. The van der Waals surface area contributed by atoms with Crippen LogP contribution >= 0.6 is 0 Å². The predicted octanol–water partition coefficient (Wildman–Crippen LogP) is 2.27. The minimum absolute atomic E-state index is 0.949. The third kappa shape index (κ3) is 5.33. The first-order valence-electron chi connectivity index (χ1n) is 6.29. The molecular weight excluding hydrogens is 184 g/mol. The van der Waals surface area contributed by atoms with Crippen molar-refractivity contribution in [2.45, 2.75) is 33.1 Å². The third-order valence-corrected chi connectivity index (χ3v) is 3.25. The van der Waals surface area contributed by atoms with E-state index in [1.165, 1.54) is 44.5 Å². The summed E-state index contributed by atoms with van der Waals surface area (Å²) >= 11 is 0. The normalized spacial score (nSPS) is 18.3. The van der Waals surface area contributed by atoms with Crippen molar-refractivity contribution in [2.24, 2.45) is 5.92 Å². The van der Waals surface area contributed by atoms with Gasteiger partial charge in [0.05, 0.1) is 0 Å². The molecule has 1 saturated heterocycles. The number of nitrogens with zero attached hydrogens (tertiary/aromatic N) is 1. The Balaban J connectivity index is 2.17. The van der Waals surface area contributed by atoms with Crippen molar-refractivity contribution in [3.05, 3.63) is 12.2 Å². The van der Waals surface area contributed by atoms with Crippen LogP contribution in [0, 0.1) is 5.92 Å². The standard InChI is InChI=1S/C13H26N2/c1-4-15(11-12(2)3)10-7-13-5-8-14-9-6-13/h13-14H,2,4-11H2,1,3H3. The molecule has 1 N–H and O–H groups in total. The monoisotopic (exact) mass is 210 g/mol. The summed E-state index contributed by atoms with van der Waals surface area (Å²) in [6.45, 7) is 14.3. The summed E-state index contributed by atoms with van der Waals surface area (Å²) < 4.78 is 0. The first-order valence-corrected chi connectivity index (χ1v) is 6.29. The molecule has 15 heavy (non-hydrogen) atoms. The van der Waals surface area contributed by atoms with Crippen LogP contribution in [-0.4, -0.2) is 37.6 Å². The van der Waals surface area contributed by atoms with E-state index in [4.69, 9.17) is 0 Å². The second-order valence-electron chi connectivity index (χ2n) is 4.81. The Hall–Kier alpha value is -0.340. The van der Waals surface area contributed by atoms with Crippen molar-refractivity contribution in [1.82, 2.24) is 10.2 Å². The largest absolute Gasteiger partial charge is 0.317 e. The van der Waals surface area contributed by atoms with E-state index in [0.29, 0.717) is 0 Å². The zero-order chi connectivity index (χ0) is 11.1. The highest BCUT2D eigenvalue weighted by molar-refractivity contribution is 4.91. The van der Waals surface area contributed by atoms with E-state index in [9.17, 15) is 0 Å². The summed E-state index contributed by atoms with van der Waals surface area (Å²) in [6.07, 6.45) is 4.10. The fourth-order valence-electron chi connectivity index (χ4n) is 2.27. The van der Waals surface area contributed by atoms with Crippen molar-refractivity contribution in [3.63, 3.8) is 0 Å².